The van der Waals surface area contributed by atoms with Gasteiger partial charge in [-0.1, -0.05) is 6.07 Å². The Labute approximate surface area is 144 Å². The van der Waals surface area contributed by atoms with Crippen LogP contribution in [0.15, 0.2) is 41.0 Å². The van der Waals surface area contributed by atoms with Gasteiger partial charge in [0.15, 0.2) is 0 Å². The highest BCUT2D eigenvalue weighted by molar-refractivity contribution is 9.10. The van der Waals surface area contributed by atoms with Crippen molar-refractivity contribution < 1.29 is 9.53 Å². The van der Waals surface area contributed by atoms with Crippen molar-refractivity contribution in [1.29, 1.82) is 5.26 Å². The summed E-state index contributed by atoms with van der Waals surface area (Å²) in [5.41, 5.74) is 1.27. The van der Waals surface area contributed by atoms with Crippen LogP contribution >= 0.6 is 15.9 Å². The number of nitrogens with zero attached hydrogens (tertiary/aromatic N) is 2. The van der Waals surface area contributed by atoms with Gasteiger partial charge >= 0.3 is 0 Å². The van der Waals surface area contributed by atoms with Crippen molar-refractivity contribution in [2.24, 2.45) is 0 Å². The number of nitriles is 1. The van der Waals surface area contributed by atoms with Crippen LogP contribution in [-0.4, -0.2) is 17.1 Å². The highest BCUT2D eigenvalue weighted by atomic mass is 79.9. The molecular formula is C17H18BrN3O2. The van der Waals surface area contributed by atoms with E-state index >= 15 is 0 Å². The van der Waals surface area contributed by atoms with Crippen LogP contribution in [0.1, 0.15) is 30.3 Å². The van der Waals surface area contributed by atoms with E-state index in [4.69, 9.17) is 10.00 Å². The third-order valence-electron chi connectivity index (χ3n) is 3.23. The number of hydrogen-bond acceptors (Lipinski definition) is 3. The van der Waals surface area contributed by atoms with E-state index < -0.39 is 0 Å². The predicted molar refractivity (Wildman–Crippen MR) is 92.5 cm³/mol. The third kappa shape index (κ3) is 4.86. The maximum absolute atomic E-state index is 12.4. The van der Waals surface area contributed by atoms with Gasteiger partial charge in [0.1, 0.15) is 11.4 Å². The Bertz CT molecular complexity index is 719. The summed E-state index contributed by atoms with van der Waals surface area (Å²) < 4.78 is 8.32. The van der Waals surface area contributed by atoms with Gasteiger partial charge in [-0.3, -0.25) is 4.79 Å². The molecule has 0 atom stereocenters. The first kappa shape index (κ1) is 17.1. The molecule has 0 unspecified atom stereocenters. The maximum Gasteiger partial charge on any atom is 0.272 e. The molecule has 6 heteroatoms. The smallest absolute Gasteiger partial charge is 0.272 e. The predicted octanol–water partition coefficient (Wildman–Crippen LogP) is 4.21. The molecule has 120 valence electrons. The fourth-order valence-electron chi connectivity index (χ4n) is 2.13. The number of aromatic nitrogens is 1. The first-order chi connectivity index (χ1) is 11.1. The van der Waals surface area contributed by atoms with Crippen LogP contribution in [0.25, 0.3) is 0 Å². The summed E-state index contributed by atoms with van der Waals surface area (Å²) in [6.45, 7) is 3.19. The van der Waals surface area contributed by atoms with E-state index in [1.807, 2.05) is 35.9 Å². The Hall–Kier alpha value is -2.26. The normalized spacial score (nSPS) is 10.1. The topological polar surface area (TPSA) is 67.1 Å². The largest absolute Gasteiger partial charge is 0.493 e. The van der Waals surface area contributed by atoms with Crippen LogP contribution in [0.3, 0.4) is 0 Å². The first-order valence-electron chi connectivity index (χ1n) is 7.41. The molecule has 0 spiro atoms. The number of nitrogens with one attached hydrogen (secondary N) is 1. The lowest BCUT2D eigenvalue weighted by Gasteiger charge is -2.10. The Morgan fingerprint density at radius 1 is 1.43 bits per heavy atom. The minimum Gasteiger partial charge on any atom is -0.493 e. The standard InChI is InChI=1S/C17H18BrN3O2/c1-2-21-12-13(18)10-16(21)17(22)20-14-6-5-7-15(11-14)23-9-4-3-8-19/h5-7,10-12H,2-4,9H2,1H3,(H,20,22). The Morgan fingerprint density at radius 2 is 2.26 bits per heavy atom. The van der Waals surface area contributed by atoms with Crippen LogP contribution in [0.5, 0.6) is 5.75 Å². The molecule has 0 aliphatic rings. The van der Waals surface area contributed by atoms with Gasteiger partial charge in [0.2, 0.25) is 0 Å². The van der Waals surface area contributed by atoms with Crippen molar-refractivity contribution in [1.82, 2.24) is 4.57 Å². The van der Waals surface area contributed by atoms with Gasteiger partial charge in [-0.05, 0) is 47.5 Å². The quantitative estimate of drug-likeness (QED) is 0.737. The van der Waals surface area contributed by atoms with Crippen molar-refractivity contribution in [3.8, 4) is 11.8 Å². The number of hydrogen-bond donors (Lipinski definition) is 1. The highest BCUT2D eigenvalue weighted by Gasteiger charge is 2.12. The van der Waals surface area contributed by atoms with Crippen molar-refractivity contribution in [3.05, 3.63) is 46.7 Å². The number of unbranched alkanes of at least 4 members (excludes halogenated alkanes) is 1. The van der Waals surface area contributed by atoms with E-state index in [2.05, 4.69) is 27.3 Å². The number of ether oxygens (including phenoxy) is 1. The van der Waals surface area contributed by atoms with Crippen LogP contribution in [-0.2, 0) is 6.54 Å². The second kappa shape index (κ2) is 8.39. The Balaban J connectivity index is 2.02. The summed E-state index contributed by atoms with van der Waals surface area (Å²) in [5, 5.41) is 11.4. The summed E-state index contributed by atoms with van der Waals surface area (Å²) in [7, 11) is 0. The number of rotatable bonds is 7. The summed E-state index contributed by atoms with van der Waals surface area (Å²) in [6.07, 6.45) is 3.04. The molecule has 2 aromatic rings. The molecule has 0 aliphatic heterocycles. The van der Waals surface area contributed by atoms with Crippen LogP contribution in [0.2, 0.25) is 0 Å². The van der Waals surface area contributed by atoms with Gasteiger partial charge in [0.25, 0.3) is 5.91 Å². The van der Waals surface area contributed by atoms with E-state index in [1.165, 1.54) is 0 Å². The molecule has 0 radical (unpaired) electrons. The molecule has 0 saturated carbocycles. The van der Waals surface area contributed by atoms with Crippen LogP contribution in [0, 0.1) is 11.3 Å². The molecule has 0 saturated heterocycles. The maximum atomic E-state index is 12.4. The second-order valence-corrected chi connectivity index (χ2v) is 5.84. The van der Waals surface area contributed by atoms with E-state index in [-0.39, 0.29) is 5.91 Å². The minimum absolute atomic E-state index is 0.167. The number of halogens is 1. The summed E-state index contributed by atoms with van der Waals surface area (Å²) in [5.74, 6) is 0.506. The van der Waals surface area contributed by atoms with Crippen molar-refractivity contribution in [2.45, 2.75) is 26.3 Å². The SMILES string of the molecule is CCn1cc(Br)cc1C(=O)Nc1cccc(OCCCC#N)c1. The number of aryl methyl sites for hydroxylation is 1. The Kier molecular flexibility index (Phi) is 6.24. The van der Waals surface area contributed by atoms with Crippen LogP contribution < -0.4 is 10.1 Å². The first-order valence-corrected chi connectivity index (χ1v) is 8.20. The Morgan fingerprint density at radius 3 is 3.00 bits per heavy atom. The molecule has 1 amide bonds. The molecule has 23 heavy (non-hydrogen) atoms. The van der Waals surface area contributed by atoms with Gasteiger partial charge < -0.3 is 14.6 Å². The van der Waals surface area contributed by atoms with E-state index in [9.17, 15) is 4.79 Å². The zero-order chi connectivity index (χ0) is 16.7. The highest BCUT2D eigenvalue weighted by Crippen LogP contribution is 2.20. The zero-order valence-corrected chi connectivity index (χ0v) is 14.5. The molecule has 0 bridgehead atoms. The fraction of sp³-hybridized carbons (Fsp3) is 0.294. The number of benzene rings is 1. The molecule has 1 aromatic heterocycles. The summed E-state index contributed by atoms with van der Waals surface area (Å²) in [6, 6.07) is 11.1. The average Bonchev–Trinajstić information content (AvgIpc) is 2.93. The van der Waals surface area contributed by atoms with Crippen molar-refractivity contribution in [2.75, 3.05) is 11.9 Å². The van der Waals surface area contributed by atoms with E-state index in [0.717, 1.165) is 11.0 Å². The van der Waals surface area contributed by atoms with Gasteiger partial charge in [0.05, 0.1) is 12.7 Å². The molecule has 1 N–H and O–H groups in total. The van der Waals surface area contributed by atoms with Crippen LogP contribution in [0.4, 0.5) is 5.69 Å². The summed E-state index contributed by atoms with van der Waals surface area (Å²) in [4.78, 5) is 12.4. The molecule has 5 nitrogen and oxygen atoms in total. The van der Waals surface area contributed by atoms with Gasteiger partial charge in [0, 0.05) is 35.4 Å². The van der Waals surface area contributed by atoms with Gasteiger partial charge in [-0.2, -0.15) is 5.26 Å². The van der Waals surface area contributed by atoms with Gasteiger partial charge in [-0.25, -0.2) is 0 Å². The lowest BCUT2D eigenvalue weighted by Crippen LogP contribution is -2.16. The molecule has 1 heterocycles. The zero-order valence-electron chi connectivity index (χ0n) is 12.9. The van der Waals surface area contributed by atoms with Crippen molar-refractivity contribution in [3.63, 3.8) is 0 Å². The third-order valence-corrected chi connectivity index (χ3v) is 3.66. The van der Waals surface area contributed by atoms with Crippen molar-refractivity contribution >= 4 is 27.5 Å². The molecule has 0 aliphatic carbocycles. The average molecular weight is 376 g/mol. The van der Waals surface area contributed by atoms with E-state index in [0.29, 0.717) is 36.6 Å². The number of anilines is 1. The number of carbonyl (C=O) groups is 1. The number of amides is 1. The molecule has 1 aromatic carbocycles. The molecular weight excluding hydrogens is 358 g/mol. The second-order valence-electron chi connectivity index (χ2n) is 4.92. The molecule has 2 rings (SSSR count). The summed E-state index contributed by atoms with van der Waals surface area (Å²) >= 11 is 3.39. The molecule has 0 fully saturated rings. The lowest BCUT2D eigenvalue weighted by atomic mass is 10.3. The number of carbonyl (C=O) groups excluding carboxylic acids is 1. The lowest BCUT2D eigenvalue weighted by molar-refractivity contribution is 0.101. The fourth-order valence-corrected chi connectivity index (χ4v) is 2.59. The minimum atomic E-state index is -0.167. The van der Waals surface area contributed by atoms with Gasteiger partial charge in [-0.15, -0.1) is 0 Å². The van der Waals surface area contributed by atoms with E-state index in [1.54, 1.807) is 12.1 Å². The monoisotopic (exact) mass is 375 g/mol.